The Labute approximate surface area is 112 Å². The van der Waals surface area contributed by atoms with E-state index in [9.17, 15) is 0 Å². The van der Waals surface area contributed by atoms with Gasteiger partial charge in [-0.3, -0.25) is 0 Å². The van der Waals surface area contributed by atoms with E-state index in [1.807, 2.05) is 31.2 Å². The third-order valence-corrected chi connectivity index (χ3v) is 3.18. The summed E-state index contributed by atoms with van der Waals surface area (Å²) in [6.07, 6.45) is 2.59. The molecule has 0 unspecified atom stereocenters. The molecule has 1 heterocycles. The van der Waals surface area contributed by atoms with E-state index >= 15 is 0 Å². The molecule has 1 N–H and O–H groups in total. The van der Waals surface area contributed by atoms with Crippen LogP contribution in [0.25, 0.3) is 0 Å². The van der Waals surface area contributed by atoms with Crippen LogP contribution in [0.5, 0.6) is 5.75 Å². The highest BCUT2D eigenvalue weighted by Gasteiger charge is 2.20. The van der Waals surface area contributed by atoms with Gasteiger partial charge in [0.05, 0.1) is 0 Å². The van der Waals surface area contributed by atoms with Crippen LogP contribution < -0.4 is 10.1 Å². The van der Waals surface area contributed by atoms with Crippen LogP contribution in [0.15, 0.2) is 34.9 Å². The number of ether oxygens (including phenoxy) is 1. The van der Waals surface area contributed by atoms with Gasteiger partial charge < -0.3 is 14.6 Å². The van der Waals surface area contributed by atoms with Gasteiger partial charge in [-0.2, -0.15) is 0 Å². The maximum atomic E-state index is 5.83. The first kappa shape index (κ1) is 12.2. The summed E-state index contributed by atoms with van der Waals surface area (Å²) >= 11 is 0. The van der Waals surface area contributed by atoms with Gasteiger partial charge in [-0.1, -0.05) is 23.4 Å². The molecule has 1 aromatic carbocycles. The molecular weight excluding hydrogens is 240 g/mol. The molecule has 0 saturated heterocycles. The highest BCUT2D eigenvalue weighted by Crippen LogP contribution is 2.23. The van der Waals surface area contributed by atoms with Gasteiger partial charge >= 0.3 is 0 Å². The average Bonchev–Trinajstić information content (AvgIpc) is 3.17. The van der Waals surface area contributed by atoms with Crippen molar-refractivity contribution in [1.29, 1.82) is 0 Å². The lowest BCUT2D eigenvalue weighted by Crippen LogP contribution is -2.16. The molecule has 3 rings (SSSR count). The fraction of sp³-hybridized carbons (Fsp3) is 0.400. The lowest BCUT2D eigenvalue weighted by Gasteiger charge is -2.10. The number of hydrogen-bond donors (Lipinski definition) is 1. The van der Waals surface area contributed by atoms with Crippen molar-refractivity contribution in [3.8, 4) is 5.75 Å². The summed E-state index contributed by atoms with van der Waals surface area (Å²) in [7, 11) is 0. The Hall–Kier alpha value is -1.81. The third kappa shape index (κ3) is 3.35. The minimum absolute atomic E-state index is 0.442. The zero-order valence-corrected chi connectivity index (χ0v) is 11.1. The van der Waals surface area contributed by atoms with Gasteiger partial charge in [0.2, 0.25) is 0 Å². The van der Waals surface area contributed by atoms with Crippen LogP contribution in [0.2, 0.25) is 0 Å². The minimum atomic E-state index is 0.442. The van der Waals surface area contributed by atoms with E-state index in [0.29, 0.717) is 12.6 Å². The zero-order chi connectivity index (χ0) is 13.1. The average molecular weight is 258 g/mol. The Morgan fingerprint density at radius 1 is 1.37 bits per heavy atom. The van der Waals surface area contributed by atoms with Gasteiger partial charge in [0.15, 0.2) is 0 Å². The van der Waals surface area contributed by atoms with Crippen LogP contribution in [-0.2, 0) is 13.2 Å². The number of aromatic nitrogens is 1. The molecule has 4 heteroatoms. The van der Waals surface area contributed by atoms with E-state index in [0.717, 1.165) is 23.7 Å². The Bertz CT molecular complexity index is 547. The molecule has 1 aliphatic carbocycles. The van der Waals surface area contributed by atoms with Gasteiger partial charge in [0, 0.05) is 24.2 Å². The number of nitrogens with zero attached hydrogens (tertiary/aromatic N) is 1. The van der Waals surface area contributed by atoms with E-state index in [-0.39, 0.29) is 0 Å². The summed E-state index contributed by atoms with van der Waals surface area (Å²) in [6, 6.07) is 10.7. The second kappa shape index (κ2) is 5.45. The van der Waals surface area contributed by atoms with Crippen LogP contribution in [-0.4, -0.2) is 11.2 Å². The number of hydrogen-bond acceptors (Lipinski definition) is 4. The molecule has 0 atom stereocenters. The van der Waals surface area contributed by atoms with E-state index in [1.54, 1.807) is 0 Å². The van der Waals surface area contributed by atoms with Crippen LogP contribution in [0.4, 0.5) is 0 Å². The van der Waals surface area contributed by atoms with Crippen LogP contribution in [0, 0.1) is 6.92 Å². The van der Waals surface area contributed by atoms with E-state index in [4.69, 9.17) is 9.26 Å². The number of para-hydroxylation sites is 1. The topological polar surface area (TPSA) is 47.3 Å². The standard InChI is InChI=1S/C15H18N2O2/c1-11-8-14(17-19-11)10-18-15-5-3-2-4-12(15)9-16-13-6-7-13/h2-5,8,13,16H,6-7,9-10H2,1H3. The molecule has 0 radical (unpaired) electrons. The van der Waals surface area contributed by atoms with Crippen molar-refractivity contribution < 1.29 is 9.26 Å². The number of rotatable bonds is 6. The van der Waals surface area contributed by atoms with Crippen molar-refractivity contribution in [2.24, 2.45) is 0 Å². The van der Waals surface area contributed by atoms with E-state index in [2.05, 4.69) is 16.5 Å². The van der Waals surface area contributed by atoms with Crippen molar-refractivity contribution in [1.82, 2.24) is 10.5 Å². The highest BCUT2D eigenvalue weighted by atomic mass is 16.5. The predicted octanol–water partition coefficient (Wildman–Crippen LogP) is 2.81. The highest BCUT2D eigenvalue weighted by molar-refractivity contribution is 5.33. The molecule has 19 heavy (non-hydrogen) atoms. The fourth-order valence-corrected chi connectivity index (χ4v) is 1.97. The smallest absolute Gasteiger partial charge is 0.134 e. The van der Waals surface area contributed by atoms with Crippen molar-refractivity contribution >= 4 is 0 Å². The van der Waals surface area contributed by atoms with Crippen LogP contribution in [0.3, 0.4) is 0 Å². The quantitative estimate of drug-likeness (QED) is 0.865. The molecule has 0 spiro atoms. The summed E-state index contributed by atoms with van der Waals surface area (Å²) in [5.74, 6) is 1.72. The lowest BCUT2D eigenvalue weighted by atomic mass is 10.2. The van der Waals surface area contributed by atoms with Crippen LogP contribution in [0.1, 0.15) is 29.9 Å². The molecule has 1 aromatic heterocycles. The summed E-state index contributed by atoms with van der Waals surface area (Å²) < 4.78 is 10.9. The van der Waals surface area contributed by atoms with Gasteiger partial charge in [-0.05, 0) is 25.8 Å². The van der Waals surface area contributed by atoms with Gasteiger partial charge in [-0.25, -0.2) is 0 Å². The Balaban J connectivity index is 1.62. The Morgan fingerprint density at radius 2 is 2.21 bits per heavy atom. The number of benzene rings is 1. The SMILES string of the molecule is Cc1cc(COc2ccccc2CNC2CC2)no1. The molecule has 1 fully saturated rings. The van der Waals surface area contributed by atoms with Gasteiger partial charge in [0.25, 0.3) is 0 Å². The van der Waals surface area contributed by atoms with E-state index in [1.165, 1.54) is 18.4 Å². The molecule has 0 bridgehead atoms. The molecule has 4 nitrogen and oxygen atoms in total. The second-order valence-electron chi connectivity index (χ2n) is 4.98. The second-order valence-corrected chi connectivity index (χ2v) is 4.98. The van der Waals surface area contributed by atoms with Gasteiger partial charge in [-0.15, -0.1) is 0 Å². The van der Waals surface area contributed by atoms with E-state index < -0.39 is 0 Å². The maximum absolute atomic E-state index is 5.83. The third-order valence-electron chi connectivity index (χ3n) is 3.18. The molecule has 1 aliphatic rings. The fourth-order valence-electron chi connectivity index (χ4n) is 1.97. The summed E-state index contributed by atoms with van der Waals surface area (Å²) in [5.41, 5.74) is 2.01. The molecule has 0 amide bonds. The van der Waals surface area contributed by atoms with Gasteiger partial charge in [0.1, 0.15) is 23.8 Å². The van der Waals surface area contributed by atoms with Crippen molar-refractivity contribution in [2.45, 2.75) is 39.0 Å². The maximum Gasteiger partial charge on any atom is 0.134 e. The number of aryl methyl sites for hydroxylation is 1. The summed E-state index contributed by atoms with van der Waals surface area (Å²) in [5, 5.41) is 7.43. The first-order chi connectivity index (χ1) is 9.31. The largest absolute Gasteiger partial charge is 0.487 e. The first-order valence-electron chi connectivity index (χ1n) is 6.67. The molecule has 100 valence electrons. The van der Waals surface area contributed by atoms with Crippen molar-refractivity contribution in [2.75, 3.05) is 0 Å². The first-order valence-corrected chi connectivity index (χ1v) is 6.67. The lowest BCUT2D eigenvalue weighted by molar-refractivity contribution is 0.284. The molecule has 0 aliphatic heterocycles. The van der Waals surface area contributed by atoms with Crippen molar-refractivity contribution in [3.05, 3.63) is 47.3 Å². The summed E-state index contributed by atoms with van der Waals surface area (Å²) in [4.78, 5) is 0. The monoisotopic (exact) mass is 258 g/mol. The van der Waals surface area contributed by atoms with Crippen LogP contribution >= 0.6 is 0 Å². The normalized spacial score (nSPS) is 14.6. The Morgan fingerprint density at radius 3 is 2.95 bits per heavy atom. The summed E-state index contributed by atoms with van der Waals surface area (Å²) in [6.45, 7) is 3.18. The minimum Gasteiger partial charge on any atom is -0.487 e. The molecule has 2 aromatic rings. The predicted molar refractivity (Wildman–Crippen MR) is 71.9 cm³/mol. The zero-order valence-electron chi connectivity index (χ0n) is 11.1. The van der Waals surface area contributed by atoms with Crippen molar-refractivity contribution in [3.63, 3.8) is 0 Å². The Kier molecular flexibility index (Phi) is 3.51. The number of nitrogens with one attached hydrogen (secondary N) is 1. The molecular formula is C15H18N2O2. The molecule has 1 saturated carbocycles.